The quantitative estimate of drug-likeness (QED) is 0.620. The summed E-state index contributed by atoms with van der Waals surface area (Å²) in [6.45, 7) is 5.15. The molecule has 2 aromatic rings. The lowest BCUT2D eigenvalue weighted by molar-refractivity contribution is 0.443. The number of aromatic nitrogens is 4. The predicted octanol–water partition coefficient (Wildman–Crippen LogP) is 1.84. The van der Waals surface area contributed by atoms with E-state index < -0.39 is 0 Å². The van der Waals surface area contributed by atoms with Crippen LogP contribution in [-0.2, 0) is 13.0 Å². The molecule has 20 heavy (non-hydrogen) atoms. The molecule has 0 bridgehead atoms. The van der Waals surface area contributed by atoms with Crippen molar-refractivity contribution in [3.05, 3.63) is 40.6 Å². The SMILES string of the molecule is CC(C)Cn1ncnc1CC(NN)c1ncccc1Br. The van der Waals surface area contributed by atoms with Gasteiger partial charge in [0.05, 0.1) is 11.7 Å². The monoisotopic (exact) mass is 338 g/mol. The minimum absolute atomic E-state index is 0.110. The number of halogens is 1. The average Bonchev–Trinajstić information content (AvgIpc) is 2.83. The van der Waals surface area contributed by atoms with Gasteiger partial charge in [-0.15, -0.1) is 0 Å². The van der Waals surface area contributed by atoms with Crippen LogP contribution in [0.5, 0.6) is 0 Å². The molecule has 0 aliphatic heterocycles. The molecular formula is C13H19BrN6. The number of hydrogen-bond acceptors (Lipinski definition) is 5. The molecule has 0 spiro atoms. The smallest absolute Gasteiger partial charge is 0.138 e. The number of nitrogens with zero attached hydrogens (tertiary/aromatic N) is 4. The summed E-state index contributed by atoms with van der Waals surface area (Å²) < 4.78 is 2.85. The number of nitrogens with two attached hydrogens (primary N) is 1. The molecule has 0 amide bonds. The lowest BCUT2D eigenvalue weighted by atomic mass is 10.1. The van der Waals surface area contributed by atoms with Crippen molar-refractivity contribution in [2.75, 3.05) is 0 Å². The number of hydrazine groups is 1. The first kappa shape index (κ1) is 15.1. The van der Waals surface area contributed by atoms with Crippen LogP contribution in [0.1, 0.15) is 31.4 Å². The van der Waals surface area contributed by atoms with E-state index >= 15 is 0 Å². The van der Waals surface area contributed by atoms with Crippen LogP contribution in [0.3, 0.4) is 0 Å². The largest absolute Gasteiger partial charge is 0.271 e. The van der Waals surface area contributed by atoms with Crippen LogP contribution in [0.2, 0.25) is 0 Å². The van der Waals surface area contributed by atoms with Crippen molar-refractivity contribution in [3.8, 4) is 0 Å². The number of pyridine rings is 1. The molecule has 2 heterocycles. The van der Waals surface area contributed by atoms with E-state index in [1.54, 1.807) is 12.5 Å². The van der Waals surface area contributed by atoms with Crippen LogP contribution >= 0.6 is 15.9 Å². The van der Waals surface area contributed by atoms with Crippen molar-refractivity contribution < 1.29 is 0 Å². The zero-order chi connectivity index (χ0) is 14.5. The Kier molecular flexibility index (Phi) is 5.22. The number of hydrogen-bond donors (Lipinski definition) is 2. The second-order valence-electron chi connectivity index (χ2n) is 5.05. The molecule has 0 aliphatic rings. The first-order chi connectivity index (χ1) is 9.61. The molecule has 108 valence electrons. The Balaban J connectivity index is 2.19. The Labute approximate surface area is 126 Å². The Hall–Kier alpha value is -1.31. The average molecular weight is 339 g/mol. The fraction of sp³-hybridized carbons (Fsp3) is 0.462. The van der Waals surface area contributed by atoms with Gasteiger partial charge in [0.15, 0.2) is 0 Å². The van der Waals surface area contributed by atoms with Gasteiger partial charge in [0.2, 0.25) is 0 Å². The highest BCUT2D eigenvalue weighted by Crippen LogP contribution is 2.22. The molecule has 0 aliphatic carbocycles. The Morgan fingerprint density at radius 1 is 1.40 bits per heavy atom. The van der Waals surface area contributed by atoms with E-state index in [9.17, 15) is 0 Å². The van der Waals surface area contributed by atoms with Gasteiger partial charge in [0, 0.05) is 23.6 Å². The molecule has 1 unspecified atom stereocenters. The van der Waals surface area contributed by atoms with Gasteiger partial charge in [-0.2, -0.15) is 5.10 Å². The van der Waals surface area contributed by atoms with E-state index in [0.717, 1.165) is 22.5 Å². The van der Waals surface area contributed by atoms with E-state index in [0.29, 0.717) is 12.3 Å². The number of nitrogens with one attached hydrogen (secondary N) is 1. The first-order valence-corrected chi connectivity index (χ1v) is 7.34. The van der Waals surface area contributed by atoms with Crippen molar-refractivity contribution in [2.24, 2.45) is 11.8 Å². The van der Waals surface area contributed by atoms with Gasteiger partial charge in [-0.05, 0) is 34.0 Å². The lowest BCUT2D eigenvalue weighted by Gasteiger charge is -2.17. The highest BCUT2D eigenvalue weighted by molar-refractivity contribution is 9.10. The maximum atomic E-state index is 5.67. The number of rotatable bonds is 6. The molecule has 0 radical (unpaired) electrons. The summed E-state index contributed by atoms with van der Waals surface area (Å²) in [5, 5.41) is 4.26. The third-order valence-electron chi connectivity index (χ3n) is 2.94. The summed E-state index contributed by atoms with van der Waals surface area (Å²) in [4.78, 5) is 8.70. The Morgan fingerprint density at radius 3 is 2.85 bits per heavy atom. The van der Waals surface area contributed by atoms with Gasteiger partial charge in [-0.3, -0.25) is 16.3 Å². The van der Waals surface area contributed by atoms with Gasteiger partial charge in [-0.1, -0.05) is 13.8 Å². The van der Waals surface area contributed by atoms with Crippen LogP contribution in [0.15, 0.2) is 29.1 Å². The lowest BCUT2D eigenvalue weighted by Crippen LogP contribution is -2.31. The zero-order valence-electron chi connectivity index (χ0n) is 11.6. The molecule has 0 saturated heterocycles. The zero-order valence-corrected chi connectivity index (χ0v) is 13.2. The molecule has 0 fully saturated rings. The topological polar surface area (TPSA) is 81.7 Å². The Morgan fingerprint density at radius 2 is 2.20 bits per heavy atom. The second-order valence-corrected chi connectivity index (χ2v) is 5.90. The fourth-order valence-electron chi connectivity index (χ4n) is 2.02. The molecule has 1 atom stereocenters. The van der Waals surface area contributed by atoms with E-state index in [4.69, 9.17) is 5.84 Å². The molecule has 3 N–H and O–H groups in total. The summed E-state index contributed by atoms with van der Waals surface area (Å²) >= 11 is 3.50. The van der Waals surface area contributed by atoms with Crippen molar-refractivity contribution in [3.63, 3.8) is 0 Å². The highest BCUT2D eigenvalue weighted by Gasteiger charge is 2.18. The van der Waals surface area contributed by atoms with E-state index in [2.05, 4.69) is 50.3 Å². The van der Waals surface area contributed by atoms with Crippen molar-refractivity contribution >= 4 is 15.9 Å². The molecule has 2 rings (SSSR count). The van der Waals surface area contributed by atoms with Crippen LogP contribution in [-0.4, -0.2) is 19.7 Å². The normalized spacial score (nSPS) is 12.8. The Bertz CT molecular complexity index is 553. The van der Waals surface area contributed by atoms with Crippen molar-refractivity contribution in [1.29, 1.82) is 0 Å². The standard InChI is InChI=1S/C13H19BrN6/c1-9(2)7-20-12(17-8-18-20)6-11(19-15)13-10(14)4-3-5-16-13/h3-5,8-9,11,19H,6-7,15H2,1-2H3. The molecule has 7 heteroatoms. The summed E-state index contributed by atoms with van der Waals surface area (Å²) in [6, 6.07) is 3.72. The van der Waals surface area contributed by atoms with Crippen LogP contribution in [0, 0.1) is 5.92 Å². The van der Waals surface area contributed by atoms with Gasteiger partial charge in [0.25, 0.3) is 0 Å². The van der Waals surface area contributed by atoms with E-state index in [1.165, 1.54) is 0 Å². The highest BCUT2D eigenvalue weighted by atomic mass is 79.9. The predicted molar refractivity (Wildman–Crippen MR) is 80.6 cm³/mol. The van der Waals surface area contributed by atoms with Gasteiger partial charge in [-0.25, -0.2) is 9.67 Å². The maximum Gasteiger partial charge on any atom is 0.138 e. The van der Waals surface area contributed by atoms with E-state index in [-0.39, 0.29) is 6.04 Å². The third-order valence-corrected chi connectivity index (χ3v) is 3.61. The summed E-state index contributed by atoms with van der Waals surface area (Å²) in [5.41, 5.74) is 3.67. The van der Waals surface area contributed by atoms with Crippen molar-refractivity contribution in [2.45, 2.75) is 32.9 Å². The molecule has 6 nitrogen and oxygen atoms in total. The summed E-state index contributed by atoms with van der Waals surface area (Å²) in [6.07, 6.45) is 3.97. The van der Waals surface area contributed by atoms with Crippen molar-refractivity contribution in [1.82, 2.24) is 25.2 Å². The molecule has 0 saturated carbocycles. The third kappa shape index (κ3) is 3.62. The fourth-order valence-corrected chi connectivity index (χ4v) is 2.55. The van der Waals surface area contributed by atoms with Gasteiger partial charge < -0.3 is 0 Å². The van der Waals surface area contributed by atoms with Gasteiger partial charge in [0.1, 0.15) is 12.2 Å². The minimum Gasteiger partial charge on any atom is -0.271 e. The van der Waals surface area contributed by atoms with E-state index in [1.807, 2.05) is 16.8 Å². The minimum atomic E-state index is -0.110. The second kappa shape index (κ2) is 6.92. The van der Waals surface area contributed by atoms with Crippen LogP contribution in [0.4, 0.5) is 0 Å². The first-order valence-electron chi connectivity index (χ1n) is 6.55. The van der Waals surface area contributed by atoms with Crippen LogP contribution < -0.4 is 11.3 Å². The molecule has 2 aromatic heterocycles. The molecule has 0 aromatic carbocycles. The van der Waals surface area contributed by atoms with Crippen LogP contribution in [0.25, 0.3) is 0 Å². The maximum absolute atomic E-state index is 5.67. The summed E-state index contributed by atoms with van der Waals surface area (Å²) in [5.74, 6) is 7.09. The van der Waals surface area contributed by atoms with Gasteiger partial charge >= 0.3 is 0 Å². The summed E-state index contributed by atoms with van der Waals surface area (Å²) in [7, 11) is 0. The molecular weight excluding hydrogens is 320 g/mol.